The van der Waals surface area contributed by atoms with Crippen LogP contribution in [0.2, 0.25) is 0 Å². The van der Waals surface area contributed by atoms with Crippen LogP contribution >= 0.6 is 0 Å². The van der Waals surface area contributed by atoms with E-state index in [4.69, 9.17) is 5.73 Å². The molecule has 7 heteroatoms. The average Bonchev–Trinajstić information content (AvgIpc) is 2.86. The molecule has 2 aromatic heterocycles. The van der Waals surface area contributed by atoms with Crippen molar-refractivity contribution in [2.24, 2.45) is 12.8 Å². The molecular formula is C9H12N6O. The molecule has 0 amide bonds. The lowest BCUT2D eigenvalue weighted by molar-refractivity contribution is 0.0957. The maximum absolute atomic E-state index is 11.8. The van der Waals surface area contributed by atoms with Crippen molar-refractivity contribution < 1.29 is 4.79 Å². The number of aryl methyl sites for hydroxylation is 1. The number of Topliss-reactive ketones (excluding diaryl/α,β-unsaturated/α-hetero) is 1. The minimum atomic E-state index is -0.0616. The zero-order chi connectivity index (χ0) is 11.5. The first-order chi connectivity index (χ1) is 7.70. The summed E-state index contributed by atoms with van der Waals surface area (Å²) in [7, 11) is 1.72. The molecule has 0 unspecified atom stereocenters. The maximum Gasteiger partial charge on any atom is 0.202 e. The lowest BCUT2D eigenvalue weighted by Gasteiger charge is -2.00. The second-order valence-electron chi connectivity index (χ2n) is 3.37. The van der Waals surface area contributed by atoms with Crippen LogP contribution in [0.4, 0.5) is 0 Å². The van der Waals surface area contributed by atoms with E-state index in [2.05, 4.69) is 15.4 Å². The normalized spacial score (nSPS) is 10.6. The third-order valence-electron chi connectivity index (χ3n) is 2.21. The summed E-state index contributed by atoms with van der Waals surface area (Å²) in [5, 5.41) is 11.5. The van der Waals surface area contributed by atoms with Gasteiger partial charge >= 0.3 is 0 Å². The quantitative estimate of drug-likeness (QED) is 0.691. The molecule has 2 heterocycles. The summed E-state index contributed by atoms with van der Waals surface area (Å²) in [6.07, 6.45) is 3.24. The Bertz CT molecular complexity index is 500. The van der Waals surface area contributed by atoms with Crippen LogP contribution in [0.3, 0.4) is 0 Å². The molecular weight excluding hydrogens is 208 g/mol. The van der Waals surface area contributed by atoms with E-state index in [1.165, 1.54) is 9.36 Å². The monoisotopic (exact) mass is 220 g/mol. The van der Waals surface area contributed by atoms with Gasteiger partial charge in [0.25, 0.3) is 0 Å². The number of rotatable bonds is 4. The number of hydrogen-bond donors (Lipinski definition) is 1. The van der Waals surface area contributed by atoms with Crippen molar-refractivity contribution in [1.82, 2.24) is 24.8 Å². The number of nitrogens with two attached hydrogens (primary N) is 1. The predicted octanol–water partition coefficient (Wildman–Crippen LogP) is -0.647. The summed E-state index contributed by atoms with van der Waals surface area (Å²) >= 11 is 0. The number of carbonyl (C=O) groups excluding carboxylic acids is 1. The summed E-state index contributed by atoms with van der Waals surface area (Å²) in [5.74, 6) is -0.0616. The Morgan fingerprint density at radius 2 is 2.38 bits per heavy atom. The van der Waals surface area contributed by atoms with Crippen LogP contribution in [0.1, 0.15) is 16.2 Å². The van der Waals surface area contributed by atoms with Gasteiger partial charge in [-0.15, -0.1) is 5.10 Å². The number of aromatic nitrogens is 5. The van der Waals surface area contributed by atoms with E-state index in [0.717, 1.165) is 0 Å². The van der Waals surface area contributed by atoms with E-state index in [1.807, 2.05) is 0 Å². The Morgan fingerprint density at radius 1 is 1.56 bits per heavy atom. The molecule has 0 aliphatic heterocycles. The van der Waals surface area contributed by atoms with Gasteiger partial charge in [0.2, 0.25) is 5.78 Å². The van der Waals surface area contributed by atoms with Crippen molar-refractivity contribution in [2.45, 2.75) is 13.1 Å². The Hall–Kier alpha value is -2.02. The molecule has 0 aliphatic rings. The highest BCUT2D eigenvalue weighted by Crippen LogP contribution is 2.00. The largest absolute Gasteiger partial charge is 0.325 e. The highest BCUT2D eigenvalue weighted by molar-refractivity contribution is 5.94. The van der Waals surface area contributed by atoms with E-state index in [0.29, 0.717) is 17.9 Å². The molecule has 0 saturated heterocycles. The van der Waals surface area contributed by atoms with E-state index >= 15 is 0 Å². The third-order valence-corrected chi connectivity index (χ3v) is 2.21. The first kappa shape index (κ1) is 10.5. The molecule has 0 fully saturated rings. The van der Waals surface area contributed by atoms with Gasteiger partial charge in [-0.1, -0.05) is 5.21 Å². The van der Waals surface area contributed by atoms with E-state index in [9.17, 15) is 4.79 Å². The van der Waals surface area contributed by atoms with Gasteiger partial charge in [-0.25, -0.2) is 4.68 Å². The molecule has 2 aromatic rings. The molecule has 7 nitrogen and oxygen atoms in total. The average molecular weight is 220 g/mol. The van der Waals surface area contributed by atoms with Crippen LogP contribution < -0.4 is 5.73 Å². The number of nitrogens with zero attached hydrogens (tertiary/aromatic N) is 5. The molecule has 16 heavy (non-hydrogen) atoms. The number of hydrogen-bond acceptors (Lipinski definition) is 5. The Kier molecular flexibility index (Phi) is 2.78. The summed E-state index contributed by atoms with van der Waals surface area (Å²) in [6.45, 7) is 0.465. The van der Waals surface area contributed by atoms with E-state index < -0.39 is 0 Å². The number of ketones is 1. The van der Waals surface area contributed by atoms with Crippen molar-refractivity contribution in [1.29, 1.82) is 0 Å². The molecule has 2 N–H and O–H groups in total. The zero-order valence-corrected chi connectivity index (χ0v) is 8.87. The van der Waals surface area contributed by atoms with Crippen molar-refractivity contribution in [3.63, 3.8) is 0 Å². The first-order valence-electron chi connectivity index (χ1n) is 4.81. The lowest BCUT2D eigenvalue weighted by atomic mass is 10.3. The highest BCUT2D eigenvalue weighted by Gasteiger charge is 2.11. The molecule has 0 spiro atoms. The molecule has 0 bridgehead atoms. The molecule has 0 aliphatic carbocycles. The third kappa shape index (κ3) is 1.98. The summed E-state index contributed by atoms with van der Waals surface area (Å²) in [4.78, 5) is 11.8. The minimum Gasteiger partial charge on any atom is -0.325 e. The van der Waals surface area contributed by atoms with Gasteiger partial charge in [0, 0.05) is 19.8 Å². The first-order valence-corrected chi connectivity index (χ1v) is 4.81. The standard InChI is InChI=1S/C9H12N6O/c1-14-8(2-3-11-14)9(16)6-15-5-7(4-10)12-13-15/h2-3,5H,4,6,10H2,1H3. The van der Waals surface area contributed by atoms with Crippen molar-refractivity contribution in [3.05, 3.63) is 29.8 Å². The summed E-state index contributed by atoms with van der Waals surface area (Å²) in [6, 6.07) is 1.67. The van der Waals surface area contributed by atoms with Crippen LogP contribution in [0.5, 0.6) is 0 Å². The van der Waals surface area contributed by atoms with Gasteiger partial charge in [0.05, 0.1) is 11.9 Å². The lowest BCUT2D eigenvalue weighted by Crippen LogP contribution is -2.14. The predicted molar refractivity (Wildman–Crippen MR) is 55.5 cm³/mol. The van der Waals surface area contributed by atoms with Crippen molar-refractivity contribution in [2.75, 3.05) is 0 Å². The van der Waals surface area contributed by atoms with Crippen LogP contribution in [0, 0.1) is 0 Å². The fraction of sp³-hybridized carbons (Fsp3) is 0.333. The fourth-order valence-corrected chi connectivity index (χ4v) is 1.38. The molecule has 84 valence electrons. The van der Waals surface area contributed by atoms with Crippen LogP contribution in [0.25, 0.3) is 0 Å². The highest BCUT2D eigenvalue weighted by atomic mass is 16.1. The second kappa shape index (κ2) is 4.23. The van der Waals surface area contributed by atoms with Gasteiger partial charge in [-0.2, -0.15) is 5.10 Å². The Balaban J connectivity index is 2.11. The van der Waals surface area contributed by atoms with E-state index in [1.54, 1.807) is 25.5 Å². The minimum absolute atomic E-state index is 0.0616. The smallest absolute Gasteiger partial charge is 0.202 e. The maximum atomic E-state index is 11.8. The van der Waals surface area contributed by atoms with Gasteiger partial charge in [-0.05, 0) is 6.07 Å². The molecule has 0 saturated carbocycles. The van der Waals surface area contributed by atoms with Gasteiger partial charge in [-0.3, -0.25) is 9.48 Å². The van der Waals surface area contributed by atoms with Crippen LogP contribution in [-0.4, -0.2) is 30.6 Å². The van der Waals surface area contributed by atoms with Crippen LogP contribution in [0.15, 0.2) is 18.5 Å². The molecule has 0 aromatic carbocycles. The van der Waals surface area contributed by atoms with Gasteiger partial charge in [0.15, 0.2) is 0 Å². The SMILES string of the molecule is Cn1nccc1C(=O)Cn1cc(CN)nn1. The Morgan fingerprint density at radius 3 is 2.94 bits per heavy atom. The molecule has 2 rings (SSSR count). The second-order valence-corrected chi connectivity index (χ2v) is 3.37. The van der Waals surface area contributed by atoms with E-state index in [-0.39, 0.29) is 12.3 Å². The summed E-state index contributed by atoms with van der Waals surface area (Å²) < 4.78 is 3.00. The van der Waals surface area contributed by atoms with Gasteiger partial charge in [0.1, 0.15) is 12.2 Å². The Labute approximate surface area is 91.9 Å². The number of carbonyl (C=O) groups is 1. The topological polar surface area (TPSA) is 91.6 Å². The van der Waals surface area contributed by atoms with Crippen LogP contribution in [-0.2, 0) is 20.1 Å². The fourth-order valence-electron chi connectivity index (χ4n) is 1.38. The van der Waals surface area contributed by atoms with Crippen molar-refractivity contribution >= 4 is 5.78 Å². The zero-order valence-electron chi connectivity index (χ0n) is 8.87. The summed E-state index contributed by atoms with van der Waals surface area (Å²) in [5.41, 5.74) is 6.61. The van der Waals surface area contributed by atoms with Gasteiger partial charge < -0.3 is 5.73 Å². The molecule has 0 radical (unpaired) electrons. The van der Waals surface area contributed by atoms with Crippen molar-refractivity contribution in [3.8, 4) is 0 Å². The molecule has 0 atom stereocenters.